The summed E-state index contributed by atoms with van der Waals surface area (Å²) in [5.41, 5.74) is -0.791. The molecule has 1 amide bonds. The molecule has 0 unspecified atom stereocenters. The second-order valence-corrected chi connectivity index (χ2v) is 11.4. The van der Waals surface area contributed by atoms with Gasteiger partial charge in [-0.3, -0.25) is 14.2 Å². The first kappa shape index (κ1) is 22.0. The highest BCUT2D eigenvalue weighted by atomic mass is 32.2. The van der Waals surface area contributed by atoms with Crippen molar-refractivity contribution in [2.45, 2.75) is 48.2 Å². The summed E-state index contributed by atoms with van der Waals surface area (Å²) in [6.45, 7) is -0.246. The van der Waals surface area contributed by atoms with E-state index in [1.54, 1.807) is 18.0 Å². The van der Waals surface area contributed by atoms with Crippen LogP contribution in [-0.2, 0) is 17.5 Å². The van der Waals surface area contributed by atoms with Crippen molar-refractivity contribution in [1.29, 1.82) is 0 Å². The molecule has 6 rings (SSSR count). The Balaban J connectivity index is 1.31. The van der Waals surface area contributed by atoms with Crippen molar-refractivity contribution < 1.29 is 22.4 Å². The first-order chi connectivity index (χ1) is 16.3. The summed E-state index contributed by atoms with van der Waals surface area (Å²) in [5.74, 6) is 1.93. The monoisotopic (exact) mass is 506 g/mol. The van der Waals surface area contributed by atoms with Gasteiger partial charge >= 0.3 is 11.0 Å². The van der Waals surface area contributed by atoms with Crippen LogP contribution in [0.4, 0.5) is 18.9 Å². The number of hydrogen-bond donors (Lipinski definition) is 1. The Morgan fingerprint density at radius 1 is 1.18 bits per heavy atom. The number of carbonyl (C=O) groups is 1. The molecule has 10 heteroatoms. The maximum atomic E-state index is 13.0. The quantitative estimate of drug-likeness (QED) is 0.485. The summed E-state index contributed by atoms with van der Waals surface area (Å²) >= 11 is 2.85. The second kappa shape index (κ2) is 8.05. The predicted molar refractivity (Wildman–Crippen MR) is 123 cm³/mol. The molecule has 0 radical (unpaired) electrons. The highest BCUT2D eigenvalue weighted by Gasteiger charge is 2.56. The normalized spacial score (nSPS) is 27.4. The van der Waals surface area contributed by atoms with E-state index in [1.165, 1.54) is 36.0 Å². The predicted octanol–water partition coefficient (Wildman–Crippen LogP) is 5.81. The molecular weight excluding hydrogens is 485 g/mol. The third kappa shape index (κ3) is 3.62. The van der Waals surface area contributed by atoms with Crippen LogP contribution in [0.2, 0.25) is 0 Å². The third-order valence-corrected chi connectivity index (χ3v) is 10.1. The molecule has 3 aliphatic rings. The van der Waals surface area contributed by atoms with Crippen molar-refractivity contribution in [2.75, 3.05) is 5.32 Å². The highest BCUT2D eigenvalue weighted by molar-refractivity contribution is 8.00. The number of furan rings is 1. The van der Waals surface area contributed by atoms with Crippen LogP contribution in [0, 0.1) is 17.8 Å². The standard InChI is InChI=1S/C24H21F3N2O3S2/c25-24(26,27)14-3-1-4-15(10-14)28-17(30)11-29-22-21(34-23(29)31)19(16-5-2-8-32-16)18-12-6-7-13(9-12)20(18)33-22/h1-5,8,10,12-13,18-20H,6-7,9,11H2,(H,28,30)/t12-,13-,18-,19-,20+/m0/s1. The summed E-state index contributed by atoms with van der Waals surface area (Å²) in [5, 5.41) is 3.68. The van der Waals surface area contributed by atoms with Crippen LogP contribution in [0.3, 0.4) is 0 Å². The third-order valence-electron chi connectivity index (χ3n) is 7.32. The average molecular weight is 507 g/mol. The van der Waals surface area contributed by atoms with Crippen LogP contribution in [0.1, 0.15) is 41.4 Å². The number of aromatic nitrogens is 1. The van der Waals surface area contributed by atoms with Gasteiger partial charge in [0.1, 0.15) is 12.3 Å². The van der Waals surface area contributed by atoms with Crippen molar-refractivity contribution in [3.05, 3.63) is 68.5 Å². The molecule has 3 aromatic rings. The van der Waals surface area contributed by atoms with Gasteiger partial charge in [-0.25, -0.2) is 0 Å². The van der Waals surface area contributed by atoms with Gasteiger partial charge in [0.15, 0.2) is 0 Å². The zero-order chi connectivity index (χ0) is 23.6. The number of rotatable bonds is 4. The number of benzene rings is 1. The maximum Gasteiger partial charge on any atom is 0.416 e. The molecule has 3 heterocycles. The summed E-state index contributed by atoms with van der Waals surface area (Å²) in [6.07, 6.45) is 0.728. The second-order valence-electron chi connectivity index (χ2n) is 9.24. The molecule has 2 aliphatic carbocycles. The number of thioether (sulfide) groups is 1. The van der Waals surface area contributed by atoms with Gasteiger partial charge in [-0.1, -0.05) is 17.4 Å². The number of amides is 1. The van der Waals surface area contributed by atoms with Crippen LogP contribution in [-0.4, -0.2) is 15.7 Å². The Labute approximate surface area is 201 Å². The summed E-state index contributed by atoms with van der Waals surface area (Å²) < 4.78 is 46.3. The van der Waals surface area contributed by atoms with Crippen molar-refractivity contribution in [3.8, 4) is 0 Å². The van der Waals surface area contributed by atoms with E-state index >= 15 is 0 Å². The maximum absolute atomic E-state index is 13.0. The topological polar surface area (TPSA) is 64.2 Å². The van der Waals surface area contributed by atoms with E-state index in [9.17, 15) is 22.8 Å². The van der Waals surface area contributed by atoms with E-state index in [1.807, 2.05) is 12.1 Å². The fourth-order valence-electron chi connectivity index (χ4n) is 5.99. The lowest BCUT2D eigenvalue weighted by Crippen LogP contribution is -2.34. The van der Waals surface area contributed by atoms with Gasteiger partial charge in [0.05, 0.1) is 27.6 Å². The molecular formula is C24H21F3N2O3S2. The number of alkyl halides is 3. The molecule has 2 aromatic heterocycles. The Morgan fingerprint density at radius 2 is 2.00 bits per heavy atom. The number of hydrogen-bond acceptors (Lipinski definition) is 5. The summed E-state index contributed by atoms with van der Waals surface area (Å²) in [7, 11) is 0. The number of nitrogens with zero attached hydrogens (tertiary/aromatic N) is 1. The van der Waals surface area contributed by atoms with E-state index in [2.05, 4.69) is 5.32 Å². The van der Waals surface area contributed by atoms with Gasteiger partial charge in [0.25, 0.3) is 0 Å². The fraction of sp³-hybridized carbons (Fsp3) is 0.417. The zero-order valence-corrected chi connectivity index (χ0v) is 19.5. The molecule has 2 fully saturated rings. The van der Waals surface area contributed by atoms with E-state index in [0.717, 1.165) is 39.1 Å². The van der Waals surface area contributed by atoms with Crippen molar-refractivity contribution >= 4 is 34.7 Å². The van der Waals surface area contributed by atoms with Gasteiger partial charge < -0.3 is 9.73 Å². The minimum absolute atomic E-state index is 0.00275. The van der Waals surface area contributed by atoms with Crippen LogP contribution >= 0.6 is 23.1 Å². The lowest BCUT2D eigenvalue weighted by molar-refractivity contribution is -0.137. The Bertz CT molecular complexity index is 1300. The average Bonchev–Trinajstić information content (AvgIpc) is 3.58. The first-order valence-corrected chi connectivity index (χ1v) is 12.9. The molecule has 34 heavy (non-hydrogen) atoms. The molecule has 5 atom stereocenters. The van der Waals surface area contributed by atoms with Crippen molar-refractivity contribution in [3.63, 3.8) is 0 Å². The van der Waals surface area contributed by atoms with E-state index in [-0.39, 0.29) is 23.0 Å². The van der Waals surface area contributed by atoms with Crippen molar-refractivity contribution in [2.24, 2.45) is 17.8 Å². The lowest BCUT2D eigenvalue weighted by atomic mass is 9.77. The van der Waals surface area contributed by atoms with Gasteiger partial charge in [-0.15, -0.1) is 11.8 Å². The Kier molecular flexibility index (Phi) is 5.22. The van der Waals surface area contributed by atoms with E-state index < -0.39 is 17.6 Å². The van der Waals surface area contributed by atoms with E-state index in [4.69, 9.17) is 4.42 Å². The summed E-state index contributed by atoms with van der Waals surface area (Å²) in [4.78, 5) is 26.5. The fourth-order valence-corrected chi connectivity index (χ4v) is 9.12. The molecule has 5 nitrogen and oxygen atoms in total. The smallest absolute Gasteiger partial charge is 0.416 e. The van der Waals surface area contributed by atoms with Crippen LogP contribution in [0.5, 0.6) is 0 Å². The van der Waals surface area contributed by atoms with E-state index in [0.29, 0.717) is 23.0 Å². The lowest BCUT2D eigenvalue weighted by Gasteiger charge is -2.39. The number of carbonyl (C=O) groups excluding carboxylic acids is 1. The molecule has 2 bridgehead atoms. The molecule has 0 spiro atoms. The van der Waals surface area contributed by atoms with Crippen LogP contribution in [0.25, 0.3) is 0 Å². The van der Waals surface area contributed by atoms with Gasteiger partial charge in [-0.05, 0) is 67.3 Å². The number of fused-ring (bicyclic) bond motifs is 6. The summed E-state index contributed by atoms with van der Waals surface area (Å²) in [6, 6.07) is 8.32. The number of nitrogens with one attached hydrogen (secondary N) is 1. The first-order valence-electron chi connectivity index (χ1n) is 11.2. The van der Waals surface area contributed by atoms with Crippen LogP contribution < -0.4 is 10.2 Å². The zero-order valence-electron chi connectivity index (χ0n) is 17.9. The largest absolute Gasteiger partial charge is 0.469 e. The molecule has 1 N–H and O–H groups in total. The molecule has 2 saturated carbocycles. The number of anilines is 1. The minimum Gasteiger partial charge on any atom is -0.469 e. The SMILES string of the molecule is O=C(Cn1c2c(sc1=O)[C@@H](c1ccco1)[C@@H]1[C@H]3CC[C@@H](C3)[C@H]1S2)Nc1cccc(C(F)(F)F)c1. The molecule has 1 aromatic carbocycles. The number of thiazole rings is 1. The van der Waals surface area contributed by atoms with Crippen LogP contribution in [0.15, 0.2) is 56.9 Å². The molecule has 0 saturated heterocycles. The van der Waals surface area contributed by atoms with Gasteiger partial charge in [0.2, 0.25) is 5.91 Å². The Morgan fingerprint density at radius 3 is 2.76 bits per heavy atom. The minimum atomic E-state index is -4.50. The molecule has 1 aliphatic heterocycles. The highest BCUT2D eigenvalue weighted by Crippen LogP contribution is 2.64. The van der Waals surface area contributed by atoms with Gasteiger partial charge in [-0.2, -0.15) is 13.2 Å². The van der Waals surface area contributed by atoms with Crippen molar-refractivity contribution in [1.82, 2.24) is 4.57 Å². The Hall–Kier alpha value is -2.46. The van der Waals surface area contributed by atoms with Gasteiger partial charge in [0, 0.05) is 10.9 Å². The number of halogens is 3. The molecule has 178 valence electrons.